The molecule has 0 unspecified atom stereocenters. The summed E-state index contributed by atoms with van der Waals surface area (Å²) in [7, 11) is 0. The second-order valence-corrected chi connectivity index (χ2v) is 5.58. The molecule has 0 amide bonds. The predicted octanol–water partition coefficient (Wildman–Crippen LogP) is 2.36. The molecule has 1 aliphatic carbocycles. The third-order valence-electron chi connectivity index (χ3n) is 2.64. The molecule has 2 rings (SSSR count). The molecule has 1 fully saturated rings. The highest BCUT2D eigenvalue weighted by Gasteiger charge is 2.31. The van der Waals surface area contributed by atoms with Crippen LogP contribution in [0.4, 0.5) is 0 Å². The highest BCUT2D eigenvalue weighted by Crippen LogP contribution is 2.28. The molecule has 4 nitrogen and oxygen atoms in total. The minimum atomic E-state index is -0.139. The lowest BCUT2D eigenvalue weighted by Gasteiger charge is -2.25. The van der Waals surface area contributed by atoms with Crippen molar-refractivity contribution in [1.82, 2.24) is 4.90 Å². The summed E-state index contributed by atoms with van der Waals surface area (Å²) >= 11 is 0. The smallest absolute Gasteiger partial charge is 0.192 e. The Morgan fingerprint density at radius 3 is 2.71 bits per heavy atom. The molecule has 0 bridgehead atoms. The summed E-state index contributed by atoms with van der Waals surface area (Å²) in [5.41, 5.74) is 5.96. The molecule has 4 heteroatoms. The number of hydrogen-bond donors (Lipinski definition) is 1. The summed E-state index contributed by atoms with van der Waals surface area (Å²) in [6.07, 6.45) is 4.08. The van der Waals surface area contributed by atoms with E-state index in [-0.39, 0.29) is 5.54 Å². The van der Waals surface area contributed by atoms with Gasteiger partial charge in [0.25, 0.3) is 0 Å². The van der Waals surface area contributed by atoms with Crippen molar-refractivity contribution in [1.29, 1.82) is 0 Å². The average Bonchev–Trinajstić information content (AvgIpc) is 2.89. The zero-order valence-electron chi connectivity index (χ0n) is 10.8. The van der Waals surface area contributed by atoms with Gasteiger partial charge in [-0.1, -0.05) is 0 Å². The van der Waals surface area contributed by atoms with Crippen molar-refractivity contribution in [3.8, 4) is 0 Å². The third-order valence-corrected chi connectivity index (χ3v) is 2.64. The van der Waals surface area contributed by atoms with Crippen LogP contribution in [0.2, 0.25) is 0 Å². The van der Waals surface area contributed by atoms with E-state index < -0.39 is 0 Å². The number of guanidine groups is 1. The number of furan rings is 1. The highest BCUT2D eigenvalue weighted by molar-refractivity contribution is 5.79. The molecule has 0 aliphatic heterocycles. The molecule has 0 aromatic carbocycles. The Morgan fingerprint density at radius 1 is 1.53 bits per heavy atom. The Bertz CT molecular complexity index is 385. The molecule has 2 N–H and O–H groups in total. The van der Waals surface area contributed by atoms with E-state index in [0.29, 0.717) is 18.5 Å². The van der Waals surface area contributed by atoms with Gasteiger partial charge in [-0.05, 0) is 45.7 Å². The summed E-state index contributed by atoms with van der Waals surface area (Å²) in [4.78, 5) is 6.67. The van der Waals surface area contributed by atoms with Crippen LogP contribution >= 0.6 is 0 Å². The van der Waals surface area contributed by atoms with Crippen LogP contribution in [0.25, 0.3) is 0 Å². The number of nitrogens with two attached hydrogens (primary N) is 1. The lowest BCUT2D eigenvalue weighted by molar-refractivity contribution is 0.345. The first kappa shape index (κ1) is 12.0. The van der Waals surface area contributed by atoms with Gasteiger partial charge in [-0.25, -0.2) is 4.99 Å². The van der Waals surface area contributed by atoms with Gasteiger partial charge in [-0.15, -0.1) is 0 Å². The minimum absolute atomic E-state index is 0.139. The van der Waals surface area contributed by atoms with E-state index in [0.717, 1.165) is 5.76 Å². The monoisotopic (exact) mass is 235 g/mol. The van der Waals surface area contributed by atoms with E-state index >= 15 is 0 Å². The maximum atomic E-state index is 6.10. The van der Waals surface area contributed by atoms with Crippen molar-refractivity contribution >= 4 is 5.96 Å². The van der Waals surface area contributed by atoms with Gasteiger partial charge in [0.2, 0.25) is 0 Å². The van der Waals surface area contributed by atoms with Gasteiger partial charge in [0.15, 0.2) is 5.96 Å². The second kappa shape index (κ2) is 4.43. The van der Waals surface area contributed by atoms with Gasteiger partial charge < -0.3 is 15.1 Å². The molecule has 1 aromatic heterocycles. The molecular formula is C13H21N3O. The largest absolute Gasteiger partial charge is 0.467 e. The van der Waals surface area contributed by atoms with E-state index in [4.69, 9.17) is 10.2 Å². The van der Waals surface area contributed by atoms with Gasteiger partial charge in [-0.2, -0.15) is 0 Å². The van der Waals surface area contributed by atoms with Crippen LogP contribution < -0.4 is 5.73 Å². The summed E-state index contributed by atoms with van der Waals surface area (Å²) in [5, 5.41) is 0. The molecule has 1 saturated carbocycles. The normalized spacial score (nSPS) is 17.2. The van der Waals surface area contributed by atoms with Gasteiger partial charge in [0.05, 0.1) is 18.3 Å². The molecule has 0 saturated heterocycles. The Labute approximate surface area is 102 Å². The number of rotatable bonds is 3. The first-order chi connectivity index (χ1) is 7.96. The van der Waals surface area contributed by atoms with Crippen LogP contribution in [0.5, 0.6) is 0 Å². The molecule has 1 aliphatic rings. The van der Waals surface area contributed by atoms with Crippen LogP contribution in [0, 0.1) is 0 Å². The molecule has 0 spiro atoms. The van der Waals surface area contributed by atoms with Crippen LogP contribution in [0.1, 0.15) is 39.4 Å². The Balaban J connectivity index is 2.09. The Morgan fingerprint density at radius 2 is 2.24 bits per heavy atom. The summed E-state index contributed by atoms with van der Waals surface area (Å²) in [6, 6.07) is 4.41. The van der Waals surface area contributed by atoms with Crippen LogP contribution in [-0.4, -0.2) is 22.4 Å². The van der Waals surface area contributed by atoms with Crippen molar-refractivity contribution in [3.63, 3.8) is 0 Å². The molecule has 1 heterocycles. The topological polar surface area (TPSA) is 54.8 Å². The van der Waals surface area contributed by atoms with Gasteiger partial charge in [-0.3, -0.25) is 0 Å². The Kier molecular flexibility index (Phi) is 3.13. The minimum Gasteiger partial charge on any atom is -0.467 e. The van der Waals surface area contributed by atoms with E-state index in [1.54, 1.807) is 6.26 Å². The summed E-state index contributed by atoms with van der Waals surface area (Å²) < 4.78 is 5.37. The molecule has 17 heavy (non-hydrogen) atoms. The van der Waals surface area contributed by atoms with Gasteiger partial charge in [0, 0.05) is 6.04 Å². The fourth-order valence-electron chi connectivity index (χ4n) is 1.76. The number of aliphatic imine (C=N–C) groups is 1. The van der Waals surface area contributed by atoms with Crippen molar-refractivity contribution < 1.29 is 4.42 Å². The molecule has 0 radical (unpaired) electrons. The number of nitrogens with zero attached hydrogens (tertiary/aromatic N) is 2. The SMILES string of the molecule is CC(C)(C)N=C(N)N(Cc1ccco1)C1CC1. The van der Waals surface area contributed by atoms with E-state index in [2.05, 4.69) is 30.7 Å². The first-order valence-electron chi connectivity index (χ1n) is 6.10. The molecule has 94 valence electrons. The average molecular weight is 235 g/mol. The Hall–Kier alpha value is -1.45. The second-order valence-electron chi connectivity index (χ2n) is 5.58. The van der Waals surface area contributed by atoms with Crippen molar-refractivity contribution in [2.75, 3.05) is 0 Å². The van der Waals surface area contributed by atoms with Crippen molar-refractivity contribution in [3.05, 3.63) is 24.2 Å². The van der Waals surface area contributed by atoms with Crippen molar-refractivity contribution in [2.24, 2.45) is 10.7 Å². The summed E-state index contributed by atoms with van der Waals surface area (Å²) in [5.74, 6) is 1.56. The van der Waals surface area contributed by atoms with Crippen LogP contribution in [0.3, 0.4) is 0 Å². The van der Waals surface area contributed by atoms with E-state index in [9.17, 15) is 0 Å². The first-order valence-corrected chi connectivity index (χ1v) is 6.10. The van der Waals surface area contributed by atoms with E-state index in [1.807, 2.05) is 12.1 Å². The molecule has 1 aromatic rings. The van der Waals surface area contributed by atoms with Crippen molar-refractivity contribution in [2.45, 2.75) is 51.7 Å². The van der Waals surface area contributed by atoms with Crippen LogP contribution in [-0.2, 0) is 6.54 Å². The maximum Gasteiger partial charge on any atom is 0.192 e. The van der Waals surface area contributed by atoms with Gasteiger partial charge in [0.1, 0.15) is 5.76 Å². The number of hydrogen-bond acceptors (Lipinski definition) is 2. The predicted molar refractivity (Wildman–Crippen MR) is 68.6 cm³/mol. The third kappa shape index (κ3) is 3.51. The molecule has 0 atom stereocenters. The maximum absolute atomic E-state index is 6.10. The standard InChI is InChI=1S/C13H21N3O/c1-13(2,3)15-12(14)16(10-6-7-10)9-11-5-4-8-17-11/h4-5,8,10H,6-7,9H2,1-3H3,(H2,14,15). The zero-order chi connectivity index (χ0) is 12.5. The quantitative estimate of drug-likeness (QED) is 0.646. The zero-order valence-corrected chi connectivity index (χ0v) is 10.8. The van der Waals surface area contributed by atoms with Crippen LogP contribution in [0.15, 0.2) is 27.8 Å². The lowest BCUT2D eigenvalue weighted by Crippen LogP contribution is -2.40. The fourth-order valence-corrected chi connectivity index (χ4v) is 1.76. The molecular weight excluding hydrogens is 214 g/mol. The van der Waals surface area contributed by atoms with Gasteiger partial charge >= 0.3 is 0 Å². The highest BCUT2D eigenvalue weighted by atomic mass is 16.3. The lowest BCUT2D eigenvalue weighted by atomic mass is 10.1. The van der Waals surface area contributed by atoms with E-state index in [1.165, 1.54) is 12.8 Å². The summed E-state index contributed by atoms with van der Waals surface area (Å²) in [6.45, 7) is 6.87. The fraction of sp³-hybridized carbons (Fsp3) is 0.615.